The molecule has 1 aromatic carbocycles. The van der Waals surface area contributed by atoms with Gasteiger partial charge >= 0.3 is 0 Å². The molecule has 1 heterocycles. The van der Waals surface area contributed by atoms with Crippen LogP contribution in [0, 0.1) is 5.92 Å². The Morgan fingerprint density at radius 1 is 1.21 bits per heavy atom. The first-order valence-corrected chi connectivity index (χ1v) is 7.86. The van der Waals surface area contributed by atoms with Gasteiger partial charge in [0.25, 0.3) is 0 Å². The van der Waals surface area contributed by atoms with E-state index in [-0.39, 0.29) is 6.04 Å². The highest BCUT2D eigenvalue weighted by molar-refractivity contribution is 5.55. The van der Waals surface area contributed by atoms with Crippen molar-refractivity contribution >= 4 is 5.69 Å². The summed E-state index contributed by atoms with van der Waals surface area (Å²) in [5.41, 5.74) is 8.89. The average molecular weight is 258 g/mol. The van der Waals surface area contributed by atoms with Gasteiger partial charge in [0.1, 0.15) is 0 Å². The maximum Gasteiger partial charge on any atom is 0.0401 e. The third kappa shape index (κ3) is 2.64. The summed E-state index contributed by atoms with van der Waals surface area (Å²) in [5, 5.41) is 0. The number of hydrogen-bond donors (Lipinski definition) is 1. The molecule has 0 aromatic heterocycles. The van der Waals surface area contributed by atoms with Gasteiger partial charge in [-0.15, -0.1) is 0 Å². The standard InChI is InChI=1S/C17H26N2/c1-13(18)12-15-7-3-5-9-17(15)19-11-10-14-6-2-4-8-16(14)19/h3,5,7,9,13-14,16H,2,4,6,8,10-12,18H2,1H3. The minimum Gasteiger partial charge on any atom is -0.368 e. The predicted molar refractivity (Wildman–Crippen MR) is 81.5 cm³/mol. The van der Waals surface area contributed by atoms with Crippen LogP contribution in [0.15, 0.2) is 24.3 Å². The normalized spacial score (nSPS) is 28.2. The van der Waals surface area contributed by atoms with Crippen LogP contribution in [0.25, 0.3) is 0 Å². The molecule has 3 atom stereocenters. The molecular formula is C17H26N2. The van der Waals surface area contributed by atoms with E-state index in [0.29, 0.717) is 0 Å². The zero-order valence-corrected chi connectivity index (χ0v) is 12.0. The van der Waals surface area contributed by atoms with Crippen LogP contribution in [-0.2, 0) is 6.42 Å². The molecule has 104 valence electrons. The first-order chi connectivity index (χ1) is 9.25. The fourth-order valence-electron chi connectivity index (χ4n) is 4.02. The van der Waals surface area contributed by atoms with Gasteiger partial charge in [-0.1, -0.05) is 31.0 Å². The second kappa shape index (κ2) is 5.54. The van der Waals surface area contributed by atoms with E-state index < -0.39 is 0 Å². The van der Waals surface area contributed by atoms with Gasteiger partial charge in [-0.05, 0) is 50.2 Å². The lowest BCUT2D eigenvalue weighted by Crippen LogP contribution is -2.35. The average Bonchev–Trinajstić information content (AvgIpc) is 2.82. The Morgan fingerprint density at radius 3 is 2.84 bits per heavy atom. The summed E-state index contributed by atoms with van der Waals surface area (Å²) in [4.78, 5) is 2.68. The highest BCUT2D eigenvalue weighted by atomic mass is 15.2. The summed E-state index contributed by atoms with van der Waals surface area (Å²) in [6.07, 6.45) is 8.05. The van der Waals surface area contributed by atoms with Gasteiger partial charge < -0.3 is 10.6 Å². The van der Waals surface area contributed by atoms with E-state index in [2.05, 4.69) is 36.1 Å². The Morgan fingerprint density at radius 2 is 2.00 bits per heavy atom. The number of nitrogens with zero attached hydrogens (tertiary/aromatic N) is 1. The van der Waals surface area contributed by atoms with Crippen molar-refractivity contribution in [3.8, 4) is 0 Å². The Balaban J connectivity index is 1.85. The van der Waals surface area contributed by atoms with Crippen molar-refractivity contribution < 1.29 is 0 Å². The summed E-state index contributed by atoms with van der Waals surface area (Å²) in [6, 6.07) is 9.92. The van der Waals surface area contributed by atoms with Gasteiger partial charge in [-0.3, -0.25) is 0 Å². The molecule has 1 saturated carbocycles. The molecule has 19 heavy (non-hydrogen) atoms. The monoisotopic (exact) mass is 258 g/mol. The number of rotatable bonds is 3. The summed E-state index contributed by atoms with van der Waals surface area (Å²) < 4.78 is 0. The second-order valence-corrected chi connectivity index (χ2v) is 6.40. The zero-order chi connectivity index (χ0) is 13.2. The first kappa shape index (κ1) is 13.0. The van der Waals surface area contributed by atoms with E-state index in [1.54, 1.807) is 0 Å². The van der Waals surface area contributed by atoms with Crippen molar-refractivity contribution in [2.24, 2.45) is 11.7 Å². The molecule has 0 spiro atoms. The number of fused-ring (bicyclic) bond motifs is 1. The molecule has 0 radical (unpaired) electrons. The summed E-state index contributed by atoms with van der Waals surface area (Å²) in [7, 11) is 0. The Labute approximate surface area is 117 Å². The van der Waals surface area contributed by atoms with E-state index in [0.717, 1.165) is 18.4 Å². The van der Waals surface area contributed by atoms with E-state index in [4.69, 9.17) is 5.73 Å². The highest BCUT2D eigenvalue weighted by Gasteiger charge is 2.36. The SMILES string of the molecule is CC(N)Cc1ccccc1N1CCC2CCCCC21. The molecule has 3 unspecified atom stereocenters. The van der Waals surface area contributed by atoms with E-state index in [1.165, 1.54) is 49.9 Å². The molecular weight excluding hydrogens is 232 g/mol. The smallest absolute Gasteiger partial charge is 0.0401 e. The lowest BCUT2D eigenvalue weighted by atomic mass is 9.85. The molecule has 1 aliphatic heterocycles. The predicted octanol–water partition coefficient (Wildman–Crippen LogP) is 3.35. The number of para-hydroxylation sites is 1. The van der Waals surface area contributed by atoms with Crippen molar-refractivity contribution in [2.45, 2.75) is 57.5 Å². The van der Waals surface area contributed by atoms with Crippen LogP contribution >= 0.6 is 0 Å². The summed E-state index contributed by atoms with van der Waals surface area (Å²) in [5.74, 6) is 0.942. The van der Waals surface area contributed by atoms with Gasteiger partial charge in [-0.25, -0.2) is 0 Å². The molecule has 1 aliphatic carbocycles. The highest BCUT2D eigenvalue weighted by Crippen LogP contribution is 2.39. The lowest BCUT2D eigenvalue weighted by molar-refractivity contribution is 0.342. The fraction of sp³-hybridized carbons (Fsp3) is 0.647. The maximum atomic E-state index is 6.01. The first-order valence-electron chi connectivity index (χ1n) is 7.86. The van der Waals surface area contributed by atoms with Crippen LogP contribution in [0.1, 0.15) is 44.6 Å². The van der Waals surface area contributed by atoms with Gasteiger partial charge in [0, 0.05) is 24.3 Å². The van der Waals surface area contributed by atoms with Gasteiger partial charge in [0.2, 0.25) is 0 Å². The molecule has 2 fully saturated rings. The topological polar surface area (TPSA) is 29.3 Å². The van der Waals surface area contributed by atoms with Crippen molar-refractivity contribution in [3.05, 3.63) is 29.8 Å². The second-order valence-electron chi connectivity index (χ2n) is 6.40. The molecule has 2 aliphatic rings. The number of hydrogen-bond acceptors (Lipinski definition) is 2. The maximum absolute atomic E-state index is 6.01. The zero-order valence-electron chi connectivity index (χ0n) is 12.0. The molecule has 3 rings (SSSR count). The summed E-state index contributed by atoms with van der Waals surface area (Å²) in [6.45, 7) is 3.34. The van der Waals surface area contributed by atoms with Gasteiger partial charge in [0.05, 0.1) is 0 Å². The molecule has 2 N–H and O–H groups in total. The van der Waals surface area contributed by atoms with E-state index in [9.17, 15) is 0 Å². The van der Waals surface area contributed by atoms with Crippen LogP contribution in [0.5, 0.6) is 0 Å². The molecule has 2 nitrogen and oxygen atoms in total. The van der Waals surface area contributed by atoms with Crippen LogP contribution < -0.4 is 10.6 Å². The minimum absolute atomic E-state index is 0.242. The minimum atomic E-state index is 0.242. The Bertz CT molecular complexity index is 427. The van der Waals surface area contributed by atoms with Crippen LogP contribution in [0.3, 0.4) is 0 Å². The summed E-state index contributed by atoms with van der Waals surface area (Å²) >= 11 is 0. The molecule has 1 saturated heterocycles. The number of anilines is 1. The van der Waals surface area contributed by atoms with Gasteiger partial charge in [0.15, 0.2) is 0 Å². The molecule has 1 aromatic rings. The van der Waals surface area contributed by atoms with Crippen LogP contribution in [0.2, 0.25) is 0 Å². The molecule has 2 heteroatoms. The third-order valence-corrected chi connectivity index (χ3v) is 4.85. The quantitative estimate of drug-likeness (QED) is 0.901. The third-order valence-electron chi connectivity index (χ3n) is 4.85. The molecule has 0 bridgehead atoms. The van der Waals surface area contributed by atoms with Crippen molar-refractivity contribution in [1.29, 1.82) is 0 Å². The fourth-order valence-corrected chi connectivity index (χ4v) is 4.02. The van der Waals surface area contributed by atoms with E-state index >= 15 is 0 Å². The number of nitrogens with two attached hydrogens (primary N) is 1. The van der Waals surface area contributed by atoms with E-state index in [1.807, 2.05) is 0 Å². The Kier molecular flexibility index (Phi) is 3.79. The Hall–Kier alpha value is -1.02. The van der Waals surface area contributed by atoms with Crippen molar-refractivity contribution in [1.82, 2.24) is 0 Å². The van der Waals surface area contributed by atoms with Crippen LogP contribution in [-0.4, -0.2) is 18.6 Å². The van der Waals surface area contributed by atoms with Crippen LogP contribution in [0.4, 0.5) is 5.69 Å². The lowest BCUT2D eigenvalue weighted by Gasteiger charge is -2.34. The largest absolute Gasteiger partial charge is 0.368 e. The van der Waals surface area contributed by atoms with Crippen molar-refractivity contribution in [2.75, 3.05) is 11.4 Å². The number of benzene rings is 1. The van der Waals surface area contributed by atoms with Crippen molar-refractivity contribution in [3.63, 3.8) is 0 Å². The van der Waals surface area contributed by atoms with Gasteiger partial charge in [-0.2, -0.15) is 0 Å². The molecule has 0 amide bonds.